The summed E-state index contributed by atoms with van der Waals surface area (Å²) in [5, 5.41) is 8.52. The molecule has 3 rings (SSSR count). The molecular weight excluding hydrogens is 364 g/mol. The number of hydrogen-bond acceptors (Lipinski definition) is 5. The topological polar surface area (TPSA) is 56.8 Å². The van der Waals surface area contributed by atoms with Gasteiger partial charge in [-0.3, -0.25) is 9.69 Å². The molecule has 2 aliphatic rings. The highest BCUT2D eigenvalue weighted by Crippen LogP contribution is 2.12. The summed E-state index contributed by atoms with van der Waals surface area (Å²) in [5.74, 6) is 0.712. The number of amides is 1. The molecule has 0 aromatic heterocycles. The molecule has 0 bridgehead atoms. The van der Waals surface area contributed by atoms with Crippen molar-refractivity contribution >= 4 is 18.7 Å². The average Bonchev–Trinajstić information content (AvgIpc) is 2.72. The van der Waals surface area contributed by atoms with Crippen molar-refractivity contribution in [1.82, 2.24) is 20.4 Å². The van der Waals surface area contributed by atoms with Gasteiger partial charge >= 0.3 is 0 Å². The zero-order valence-electron chi connectivity index (χ0n) is 18.0. The molecule has 2 heterocycles. The van der Waals surface area contributed by atoms with Crippen LogP contribution in [-0.4, -0.2) is 81.8 Å². The predicted molar refractivity (Wildman–Crippen MR) is 118 cm³/mol. The largest absolute Gasteiger partial charge is 0.380 e. The van der Waals surface area contributed by atoms with Gasteiger partial charge in [0.25, 0.3) is 5.91 Å². The van der Waals surface area contributed by atoms with Crippen LogP contribution in [0.1, 0.15) is 28.8 Å². The van der Waals surface area contributed by atoms with Crippen LogP contribution in [0.4, 0.5) is 0 Å². The minimum Gasteiger partial charge on any atom is -0.380 e. The monoisotopic (exact) mass is 400 g/mol. The van der Waals surface area contributed by atoms with Crippen LogP contribution in [0.5, 0.6) is 0 Å². The number of nitrogens with zero attached hydrogens (tertiary/aromatic N) is 2. The summed E-state index contributed by atoms with van der Waals surface area (Å²) >= 11 is 0. The second-order valence-electron chi connectivity index (χ2n) is 8.28. The van der Waals surface area contributed by atoms with E-state index in [-0.39, 0.29) is 5.91 Å². The van der Waals surface area contributed by atoms with Crippen molar-refractivity contribution in [2.45, 2.75) is 19.8 Å². The van der Waals surface area contributed by atoms with E-state index in [2.05, 4.69) is 40.3 Å². The van der Waals surface area contributed by atoms with Crippen LogP contribution in [0.25, 0.3) is 12.8 Å². The lowest BCUT2D eigenvalue weighted by Gasteiger charge is -2.27. The number of carbonyl (C=O) groups is 1. The Labute approximate surface area is 174 Å². The Kier molecular flexibility index (Phi) is 8.09. The Morgan fingerprint density at radius 1 is 1.34 bits per heavy atom. The van der Waals surface area contributed by atoms with Crippen LogP contribution in [0.3, 0.4) is 0 Å². The molecule has 160 valence electrons. The number of rotatable bonds is 7. The molecule has 0 atom stereocenters. The van der Waals surface area contributed by atoms with E-state index >= 15 is 0 Å². The Morgan fingerprint density at radius 3 is 2.79 bits per heavy atom. The molecule has 6 heteroatoms. The van der Waals surface area contributed by atoms with Gasteiger partial charge in [-0.25, -0.2) is 0 Å². The van der Waals surface area contributed by atoms with Crippen molar-refractivity contribution < 1.29 is 9.53 Å². The molecule has 1 aromatic rings. The second kappa shape index (κ2) is 10.8. The molecule has 0 saturated carbocycles. The lowest BCUT2D eigenvalue weighted by Crippen LogP contribution is -2.42. The smallest absolute Gasteiger partial charge is 0.251 e. The quantitative estimate of drug-likeness (QED) is 0.682. The van der Waals surface area contributed by atoms with Crippen molar-refractivity contribution in [3.05, 3.63) is 33.7 Å². The number of nitrogens with one attached hydrogen (secondary N) is 2. The minimum absolute atomic E-state index is 0.00795. The van der Waals surface area contributed by atoms with E-state index in [0.717, 1.165) is 80.0 Å². The molecule has 0 spiro atoms. The Morgan fingerprint density at radius 2 is 2.07 bits per heavy atom. The van der Waals surface area contributed by atoms with Crippen LogP contribution < -0.4 is 21.1 Å². The normalized spacial score (nSPS) is 19.3. The number of hydrogen-bond donors (Lipinski definition) is 2. The van der Waals surface area contributed by atoms with Crippen LogP contribution in [0, 0.1) is 12.8 Å². The summed E-state index contributed by atoms with van der Waals surface area (Å²) in [4.78, 5) is 17.3. The summed E-state index contributed by atoms with van der Waals surface area (Å²) in [6.45, 7) is 14.4. The molecule has 29 heavy (non-hydrogen) atoms. The van der Waals surface area contributed by atoms with Crippen molar-refractivity contribution in [1.29, 1.82) is 0 Å². The van der Waals surface area contributed by atoms with E-state index < -0.39 is 0 Å². The summed E-state index contributed by atoms with van der Waals surface area (Å²) in [6, 6.07) is 3.85. The van der Waals surface area contributed by atoms with Crippen LogP contribution in [0.15, 0.2) is 12.1 Å². The van der Waals surface area contributed by atoms with Gasteiger partial charge in [-0.15, -0.1) is 0 Å². The van der Waals surface area contributed by atoms with Crippen LogP contribution in [0.2, 0.25) is 0 Å². The molecule has 0 aliphatic carbocycles. The molecule has 6 nitrogen and oxygen atoms in total. The van der Waals surface area contributed by atoms with Crippen molar-refractivity contribution in [2.24, 2.45) is 5.92 Å². The van der Waals surface area contributed by atoms with Gasteiger partial charge in [-0.1, -0.05) is 12.6 Å². The molecule has 2 fully saturated rings. The predicted octanol–water partition coefficient (Wildman–Crippen LogP) is 0.137. The van der Waals surface area contributed by atoms with Gasteiger partial charge in [0.1, 0.15) is 0 Å². The van der Waals surface area contributed by atoms with Gasteiger partial charge < -0.3 is 20.3 Å². The third-order valence-electron chi connectivity index (χ3n) is 6.02. The second-order valence-corrected chi connectivity index (χ2v) is 8.28. The maximum absolute atomic E-state index is 12.8. The maximum atomic E-state index is 12.8. The first kappa shape index (κ1) is 21.8. The number of carbonyl (C=O) groups excluding carboxylic acids is 1. The fourth-order valence-electron chi connectivity index (χ4n) is 4.20. The van der Waals surface area contributed by atoms with E-state index in [1.807, 2.05) is 19.1 Å². The molecule has 1 aromatic carbocycles. The first-order chi connectivity index (χ1) is 14.0. The fourth-order valence-corrected chi connectivity index (χ4v) is 4.20. The summed E-state index contributed by atoms with van der Waals surface area (Å²) in [7, 11) is 2.12. The number of piperidine rings is 1. The third-order valence-corrected chi connectivity index (χ3v) is 6.02. The molecule has 2 aliphatic heterocycles. The Bertz CT molecular complexity index is 783. The zero-order valence-corrected chi connectivity index (χ0v) is 18.0. The van der Waals surface area contributed by atoms with Crippen molar-refractivity contribution in [3.63, 3.8) is 0 Å². The lowest BCUT2D eigenvalue weighted by molar-refractivity contribution is 0.0383. The van der Waals surface area contributed by atoms with Crippen molar-refractivity contribution in [2.75, 3.05) is 66.1 Å². The molecular formula is C23H36N4O2. The van der Waals surface area contributed by atoms with Gasteiger partial charge in [0.15, 0.2) is 0 Å². The molecule has 0 unspecified atom stereocenters. The lowest BCUT2D eigenvalue weighted by atomic mass is 9.97. The van der Waals surface area contributed by atoms with Gasteiger partial charge in [-0.2, -0.15) is 0 Å². The fraction of sp³-hybridized carbons (Fsp3) is 0.609. The first-order valence-corrected chi connectivity index (χ1v) is 10.8. The Balaban J connectivity index is 1.63. The number of morpholine rings is 1. The van der Waals surface area contributed by atoms with Gasteiger partial charge in [-0.05, 0) is 55.6 Å². The highest BCUT2D eigenvalue weighted by Gasteiger charge is 2.15. The van der Waals surface area contributed by atoms with Gasteiger partial charge in [0.05, 0.1) is 13.2 Å². The number of benzene rings is 1. The maximum Gasteiger partial charge on any atom is 0.251 e. The summed E-state index contributed by atoms with van der Waals surface area (Å²) in [6.07, 6.45) is 4.60. The SMILES string of the molecule is C=c1ccc(C(=O)NCCN2CCOCC2)c(C)/c1=C/N(C)CC1CCNCC1. The standard InChI is InChI=1S/C23H36N4O2/c1-18-4-5-21(23(28)25-10-11-27-12-14-29-15-13-27)19(2)22(18)17-26(3)16-20-6-8-24-9-7-20/h4-5,17,20,24H,1,6-16H2,2-3H3,(H,25,28)/b22-17+. The van der Waals surface area contributed by atoms with E-state index in [1.165, 1.54) is 12.8 Å². The van der Waals surface area contributed by atoms with E-state index in [1.54, 1.807) is 0 Å². The highest BCUT2D eigenvalue weighted by atomic mass is 16.5. The van der Waals surface area contributed by atoms with Gasteiger partial charge in [0.2, 0.25) is 0 Å². The number of ether oxygens (including phenoxy) is 1. The minimum atomic E-state index is -0.00795. The van der Waals surface area contributed by atoms with Gasteiger partial charge in [0, 0.05) is 56.8 Å². The van der Waals surface area contributed by atoms with Crippen LogP contribution in [-0.2, 0) is 4.74 Å². The summed E-state index contributed by atoms with van der Waals surface area (Å²) in [5.41, 5.74) is 1.74. The summed E-state index contributed by atoms with van der Waals surface area (Å²) < 4.78 is 5.37. The molecule has 1 amide bonds. The highest BCUT2D eigenvalue weighted by molar-refractivity contribution is 5.95. The van der Waals surface area contributed by atoms with E-state index in [9.17, 15) is 4.79 Å². The van der Waals surface area contributed by atoms with Crippen LogP contribution >= 0.6 is 0 Å². The molecule has 2 N–H and O–H groups in total. The first-order valence-electron chi connectivity index (χ1n) is 10.8. The molecule has 0 radical (unpaired) electrons. The third kappa shape index (κ3) is 6.29. The average molecular weight is 401 g/mol. The van der Waals surface area contributed by atoms with E-state index in [4.69, 9.17) is 4.74 Å². The van der Waals surface area contributed by atoms with Crippen molar-refractivity contribution in [3.8, 4) is 0 Å². The molecule has 2 saturated heterocycles. The Hall–Kier alpha value is -1.89. The zero-order chi connectivity index (χ0) is 20.6. The van der Waals surface area contributed by atoms with E-state index in [0.29, 0.717) is 6.54 Å².